The van der Waals surface area contributed by atoms with Crippen molar-refractivity contribution in [2.75, 3.05) is 4.72 Å². The average Bonchev–Trinajstić information content (AvgIpc) is 2.49. The molecular formula is C16H16BrNO3S. The zero-order valence-corrected chi connectivity index (χ0v) is 14.7. The third-order valence-corrected chi connectivity index (χ3v) is 5.18. The summed E-state index contributed by atoms with van der Waals surface area (Å²) in [5.41, 5.74) is 1.87. The minimum Gasteiger partial charge on any atom is -0.294 e. The van der Waals surface area contributed by atoms with Gasteiger partial charge in [0.05, 0.1) is 10.6 Å². The number of aryl methyl sites for hydroxylation is 1. The molecule has 22 heavy (non-hydrogen) atoms. The van der Waals surface area contributed by atoms with Crippen LogP contribution in [0.25, 0.3) is 0 Å². The molecule has 2 aromatic rings. The molecule has 0 aliphatic carbocycles. The first-order chi connectivity index (χ1) is 10.3. The highest BCUT2D eigenvalue weighted by Crippen LogP contribution is 2.26. The summed E-state index contributed by atoms with van der Waals surface area (Å²) < 4.78 is 28.1. The van der Waals surface area contributed by atoms with Gasteiger partial charge in [-0.1, -0.05) is 25.1 Å². The molecule has 6 heteroatoms. The molecule has 2 rings (SSSR count). The van der Waals surface area contributed by atoms with Crippen molar-refractivity contribution in [2.45, 2.75) is 25.2 Å². The van der Waals surface area contributed by atoms with Crippen LogP contribution in [0.5, 0.6) is 0 Å². The molecule has 0 heterocycles. The summed E-state index contributed by atoms with van der Waals surface area (Å²) in [5.74, 6) is -0.0893. The highest BCUT2D eigenvalue weighted by Gasteiger charge is 2.17. The van der Waals surface area contributed by atoms with Gasteiger partial charge in [-0.2, -0.15) is 0 Å². The third kappa shape index (κ3) is 3.75. The Bertz CT molecular complexity index is 816. The first kappa shape index (κ1) is 16.7. The van der Waals surface area contributed by atoms with E-state index in [0.717, 1.165) is 5.56 Å². The van der Waals surface area contributed by atoms with Gasteiger partial charge in [0, 0.05) is 16.5 Å². The second-order valence-corrected chi connectivity index (χ2v) is 7.43. The molecule has 4 nitrogen and oxygen atoms in total. The maximum Gasteiger partial charge on any atom is 0.261 e. The molecular weight excluding hydrogens is 366 g/mol. The van der Waals surface area contributed by atoms with Crippen LogP contribution in [-0.2, 0) is 10.0 Å². The third-order valence-electron chi connectivity index (χ3n) is 3.16. The van der Waals surface area contributed by atoms with E-state index < -0.39 is 10.0 Å². The second kappa shape index (κ2) is 6.62. The molecule has 0 saturated heterocycles. The van der Waals surface area contributed by atoms with E-state index in [4.69, 9.17) is 0 Å². The maximum atomic E-state index is 12.5. The van der Waals surface area contributed by atoms with Gasteiger partial charge in [-0.15, -0.1) is 0 Å². The van der Waals surface area contributed by atoms with Crippen LogP contribution in [0.3, 0.4) is 0 Å². The van der Waals surface area contributed by atoms with Crippen molar-refractivity contribution in [2.24, 2.45) is 0 Å². The van der Waals surface area contributed by atoms with Crippen molar-refractivity contribution >= 4 is 37.4 Å². The topological polar surface area (TPSA) is 63.2 Å². The normalized spacial score (nSPS) is 11.2. The lowest BCUT2D eigenvalue weighted by atomic mass is 10.1. The van der Waals surface area contributed by atoms with Gasteiger partial charge in [-0.3, -0.25) is 9.52 Å². The Morgan fingerprint density at radius 1 is 1.18 bits per heavy atom. The van der Waals surface area contributed by atoms with E-state index in [9.17, 15) is 13.2 Å². The fourth-order valence-corrected chi connectivity index (χ4v) is 3.80. The van der Waals surface area contributed by atoms with E-state index in [2.05, 4.69) is 20.7 Å². The Morgan fingerprint density at radius 2 is 1.91 bits per heavy atom. The van der Waals surface area contributed by atoms with Crippen molar-refractivity contribution < 1.29 is 13.2 Å². The lowest BCUT2D eigenvalue weighted by molar-refractivity contribution is 0.0988. The van der Waals surface area contributed by atoms with Crippen molar-refractivity contribution in [3.8, 4) is 0 Å². The molecule has 0 unspecified atom stereocenters. The number of halogens is 1. The van der Waals surface area contributed by atoms with Crippen molar-refractivity contribution in [3.63, 3.8) is 0 Å². The molecule has 0 amide bonds. The van der Waals surface area contributed by atoms with E-state index in [0.29, 0.717) is 22.1 Å². The average molecular weight is 382 g/mol. The number of hydrogen-bond acceptors (Lipinski definition) is 3. The molecule has 1 N–H and O–H groups in total. The highest BCUT2D eigenvalue weighted by molar-refractivity contribution is 9.10. The second-order valence-electron chi connectivity index (χ2n) is 4.89. The summed E-state index contributed by atoms with van der Waals surface area (Å²) >= 11 is 3.34. The Kier molecular flexibility index (Phi) is 5.03. The largest absolute Gasteiger partial charge is 0.294 e. The molecule has 0 aromatic heterocycles. The molecule has 0 aliphatic rings. The van der Waals surface area contributed by atoms with E-state index in [-0.39, 0.29) is 10.7 Å². The zero-order valence-electron chi connectivity index (χ0n) is 12.3. The first-order valence-electron chi connectivity index (χ1n) is 6.75. The van der Waals surface area contributed by atoms with Gasteiger partial charge in [0.1, 0.15) is 0 Å². The van der Waals surface area contributed by atoms with E-state index in [1.807, 2.05) is 19.1 Å². The number of ketones is 1. The lowest BCUT2D eigenvalue weighted by Gasteiger charge is -2.11. The van der Waals surface area contributed by atoms with E-state index >= 15 is 0 Å². The predicted octanol–water partition coefficient (Wildman–Crippen LogP) is 4.15. The number of anilines is 1. The molecule has 116 valence electrons. The minimum atomic E-state index is -3.75. The number of Topliss-reactive ketones (excluding diaryl/α,β-unsaturated/α-hetero) is 1. The molecule has 0 atom stereocenters. The summed E-state index contributed by atoms with van der Waals surface area (Å²) in [7, 11) is -3.75. The number of nitrogens with one attached hydrogen (secondary N) is 1. The van der Waals surface area contributed by atoms with Crippen LogP contribution in [-0.4, -0.2) is 14.2 Å². The van der Waals surface area contributed by atoms with Crippen LogP contribution >= 0.6 is 15.9 Å². The van der Waals surface area contributed by atoms with E-state index in [1.54, 1.807) is 25.1 Å². The summed E-state index contributed by atoms with van der Waals surface area (Å²) in [6.07, 6.45) is 0.334. The molecule has 0 spiro atoms. The molecule has 2 aromatic carbocycles. The molecule has 0 saturated carbocycles. The fraction of sp³-hybridized carbons (Fsp3) is 0.188. The van der Waals surface area contributed by atoms with Crippen LogP contribution in [0.1, 0.15) is 29.3 Å². The molecule has 0 fully saturated rings. The maximum absolute atomic E-state index is 12.5. The van der Waals surface area contributed by atoms with Crippen molar-refractivity contribution in [1.82, 2.24) is 0 Å². The Labute approximate surface area is 138 Å². The molecule has 0 aliphatic heterocycles. The quantitative estimate of drug-likeness (QED) is 0.791. The predicted molar refractivity (Wildman–Crippen MR) is 90.8 cm³/mol. The van der Waals surface area contributed by atoms with Crippen LogP contribution in [0.15, 0.2) is 51.8 Å². The van der Waals surface area contributed by atoms with Gasteiger partial charge in [0.25, 0.3) is 10.0 Å². The number of hydrogen-bond donors (Lipinski definition) is 1. The molecule has 0 radical (unpaired) electrons. The summed E-state index contributed by atoms with van der Waals surface area (Å²) in [6, 6.07) is 11.4. The van der Waals surface area contributed by atoms with Gasteiger partial charge < -0.3 is 0 Å². The fourth-order valence-electron chi connectivity index (χ4n) is 1.95. The highest BCUT2D eigenvalue weighted by atomic mass is 79.9. The number of carbonyl (C=O) groups is 1. The first-order valence-corrected chi connectivity index (χ1v) is 9.03. The van der Waals surface area contributed by atoms with Gasteiger partial charge in [0.2, 0.25) is 0 Å². The minimum absolute atomic E-state index is 0.0688. The van der Waals surface area contributed by atoms with E-state index in [1.165, 1.54) is 12.1 Å². The Balaban J connectivity index is 2.36. The summed E-state index contributed by atoms with van der Waals surface area (Å²) in [5, 5.41) is 0. The van der Waals surface area contributed by atoms with Gasteiger partial charge >= 0.3 is 0 Å². The van der Waals surface area contributed by atoms with Crippen LogP contribution in [0.4, 0.5) is 5.69 Å². The molecule has 0 bridgehead atoms. The summed E-state index contributed by atoms with van der Waals surface area (Å²) in [4.78, 5) is 11.8. The van der Waals surface area contributed by atoms with Gasteiger partial charge in [-0.25, -0.2) is 8.42 Å². The lowest BCUT2D eigenvalue weighted by Crippen LogP contribution is -2.14. The number of carbonyl (C=O) groups excluding carboxylic acids is 1. The van der Waals surface area contributed by atoms with Crippen molar-refractivity contribution in [1.29, 1.82) is 0 Å². The summed E-state index contributed by atoms with van der Waals surface area (Å²) in [6.45, 7) is 3.66. The van der Waals surface area contributed by atoms with Gasteiger partial charge in [-0.05, 0) is 52.7 Å². The smallest absolute Gasteiger partial charge is 0.261 e. The van der Waals surface area contributed by atoms with Crippen LogP contribution in [0, 0.1) is 6.92 Å². The van der Waals surface area contributed by atoms with Crippen molar-refractivity contribution in [3.05, 3.63) is 58.1 Å². The van der Waals surface area contributed by atoms with Crippen LogP contribution in [0.2, 0.25) is 0 Å². The van der Waals surface area contributed by atoms with Gasteiger partial charge in [0.15, 0.2) is 5.78 Å². The Hall–Kier alpha value is -1.66. The number of rotatable bonds is 5. The monoisotopic (exact) mass is 381 g/mol. The zero-order chi connectivity index (χ0) is 16.3. The SMILES string of the molecule is CCC(=O)c1cccc(S(=O)(=O)Nc2ccc(C)cc2Br)c1. The standard InChI is InChI=1S/C16H16BrNO3S/c1-3-16(19)12-5-4-6-13(10-12)22(20,21)18-15-8-7-11(2)9-14(15)17/h4-10,18H,3H2,1-2H3. The Morgan fingerprint density at radius 3 is 2.55 bits per heavy atom. The number of benzene rings is 2. The number of sulfonamides is 1. The van der Waals surface area contributed by atoms with Crippen LogP contribution < -0.4 is 4.72 Å².